The van der Waals surface area contributed by atoms with Crippen molar-refractivity contribution in [1.29, 1.82) is 0 Å². The van der Waals surface area contributed by atoms with Crippen LogP contribution in [0.25, 0.3) is 0 Å². The van der Waals surface area contributed by atoms with Gasteiger partial charge in [-0.15, -0.1) is 0 Å². The zero-order valence-corrected chi connectivity index (χ0v) is 17.4. The molecule has 13 heteroatoms. The summed E-state index contributed by atoms with van der Waals surface area (Å²) in [4.78, 5) is 47.2. The SMILES string of the molecule is COC[C@@]12CO[C@H](C1OP(C)(=O)O)[C@H](n1cc(C#CCNC(C)=O)c(=O)[nH]c1=O)O2. The molecule has 2 unspecified atom stereocenters. The Kier molecular flexibility index (Phi) is 6.33. The van der Waals surface area contributed by atoms with Crippen molar-refractivity contribution in [3.8, 4) is 11.8 Å². The summed E-state index contributed by atoms with van der Waals surface area (Å²) >= 11 is 0. The molecule has 2 aliphatic heterocycles. The van der Waals surface area contributed by atoms with Crippen LogP contribution in [0.4, 0.5) is 0 Å². The Hall–Kier alpha value is -2.26. The summed E-state index contributed by atoms with van der Waals surface area (Å²) in [6.07, 6.45) is -1.72. The van der Waals surface area contributed by atoms with E-state index < -0.39 is 42.9 Å². The minimum absolute atomic E-state index is 0.00779. The van der Waals surface area contributed by atoms with Gasteiger partial charge < -0.3 is 24.4 Å². The van der Waals surface area contributed by atoms with E-state index in [1.807, 2.05) is 0 Å². The molecular formula is C17H22N3O9P. The smallest absolute Gasteiger partial charge is 0.330 e. The zero-order valence-electron chi connectivity index (χ0n) is 16.5. The summed E-state index contributed by atoms with van der Waals surface area (Å²) in [5, 5.41) is 2.47. The Morgan fingerprint density at radius 3 is 2.90 bits per heavy atom. The minimum atomic E-state index is -3.91. The summed E-state index contributed by atoms with van der Waals surface area (Å²) in [7, 11) is -2.48. The third-order valence-electron chi connectivity index (χ3n) is 4.56. The molecule has 1 aromatic rings. The van der Waals surface area contributed by atoms with Crippen LogP contribution in [0.5, 0.6) is 0 Å². The van der Waals surface area contributed by atoms with Crippen LogP contribution >= 0.6 is 7.60 Å². The van der Waals surface area contributed by atoms with Crippen molar-refractivity contribution in [3.05, 3.63) is 32.6 Å². The average Bonchev–Trinajstić information content (AvgIpc) is 3.10. The maximum atomic E-state index is 12.4. The average molecular weight is 443 g/mol. The Morgan fingerprint density at radius 1 is 1.53 bits per heavy atom. The van der Waals surface area contributed by atoms with Crippen LogP contribution in [0.3, 0.4) is 0 Å². The van der Waals surface area contributed by atoms with Gasteiger partial charge in [-0.05, 0) is 0 Å². The van der Waals surface area contributed by atoms with E-state index >= 15 is 0 Å². The number of ether oxygens (including phenoxy) is 3. The summed E-state index contributed by atoms with van der Waals surface area (Å²) in [5.74, 6) is 4.92. The number of carbonyl (C=O) groups is 1. The van der Waals surface area contributed by atoms with Gasteiger partial charge in [0, 0.05) is 26.9 Å². The second kappa shape index (κ2) is 8.47. The fourth-order valence-corrected chi connectivity index (χ4v) is 4.14. The van der Waals surface area contributed by atoms with Crippen LogP contribution in [0.1, 0.15) is 18.7 Å². The van der Waals surface area contributed by atoms with Crippen LogP contribution < -0.4 is 16.6 Å². The highest BCUT2D eigenvalue weighted by molar-refractivity contribution is 7.51. The molecule has 12 nitrogen and oxygen atoms in total. The van der Waals surface area contributed by atoms with Gasteiger partial charge in [-0.2, -0.15) is 0 Å². The van der Waals surface area contributed by atoms with Crippen LogP contribution in [0, 0.1) is 11.8 Å². The lowest BCUT2D eigenvalue weighted by molar-refractivity contribution is -0.190. The van der Waals surface area contributed by atoms with Gasteiger partial charge >= 0.3 is 13.3 Å². The van der Waals surface area contributed by atoms with Crippen LogP contribution in [-0.4, -0.2) is 71.7 Å². The number of H-pyrrole nitrogens is 1. The van der Waals surface area contributed by atoms with Crippen molar-refractivity contribution in [1.82, 2.24) is 14.9 Å². The molecule has 3 rings (SSSR count). The molecule has 0 spiro atoms. The third kappa shape index (κ3) is 4.57. The highest BCUT2D eigenvalue weighted by Crippen LogP contribution is 2.52. The van der Waals surface area contributed by atoms with Gasteiger partial charge in [0.1, 0.15) is 23.4 Å². The number of carbonyl (C=O) groups excluding carboxylic acids is 1. The van der Waals surface area contributed by atoms with Gasteiger partial charge in [-0.25, -0.2) is 4.79 Å². The number of nitrogens with one attached hydrogen (secondary N) is 2. The lowest BCUT2D eigenvalue weighted by Gasteiger charge is -2.31. The van der Waals surface area contributed by atoms with E-state index in [1.54, 1.807) is 0 Å². The molecule has 0 aromatic carbocycles. The van der Waals surface area contributed by atoms with Gasteiger partial charge in [0.25, 0.3) is 5.56 Å². The first-order valence-corrected chi connectivity index (χ1v) is 10.9. The first-order valence-electron chi connectivity index (χ1n) is 8.92. The fraction of sp³-hybridized carbons (Fsp3) is 0.588. The molecule has 5 atom stereocenters. The third-order valence-corrected chi connectivity index (χ3v) is 5.18. The quantitative estimate of drug-likeness (QED) is 0.353. The Bertz CT molecular complexity index is 1050. The lowest BCUT2D eigenvalue weighted by Crippen LogP contribution is -2.46. The molecule has 3 heterocycles. The molecule has 1 amide bonds. The minimum Gasteiger partial charge on any atom is -0.381 e. The molecule has 2 bridgehead atoms. The second-order valence-electron chi connectivity index (χ2n) is 7.03. The van der Waals surface area contributed by atoms with Gasteiger partial charge in [-0.1, -0.05) is 11.8 Å². The van der Waals surface area contributed by atoms with E-state index in [9.17, 15) is 23.8 Å². The Morgan fingerprint density at radius 2 is 2.27 bits per heavy atom. The van der Waals surface area contributed by atoms with E-state index in [4.69, 9.17) is 18.7 Å². The van der Waals surface area contributed by atoms with Gasteiger partial charge in [0.2, 0.25) is 5.91 Å². The number of aromatic nitrogens is 2. The largest absolute Gasteiger partial charge is 0.381 e. The summed E-state index contributed by atoms with van der Waals surface area (Å²) in [5.41, 5.74) is -2.72. The molecule has 30 heavy (non-hydrogen) atoms. The van der Waals surface area contributed by atoms with Crippen molar-refractivity contribution < 1.29 is 33.0 Å². The Balaban J connectivity index is 1.95. The molecule has 3 N–H and O–H groups in total. The van der Waals surface area contributed by atoms with Gasteiger partial charge in [0.05, 0.1) is 19.8 Å². The van der Waals surface area contributed by atoms with Crippen molar-refractivity contribution >= 4 is 13.5 Å². The number of hydrogen-bond acceptors (Lipinski definition) is 8. The van der Waals surface area contributed by atoms with E-state index in [2.05, 4.69) is 22.1 Å². The topological polar surface area (TPSA) is 158 Å². The first-order chi connectivity index (χ1) is 14.1. The highest BCUT2D eigenvalue weighted by atomic mass is 31.2. The van der Waals surface area contributed by atoms with Crippen LogP contribution in [0.15, 0.2) is 15.8 Å². The molecule has 164 valence electrons. The number of fused-ring (bicyclic) bond motifs is 2. The number of amides is 1. The molecule has 0 saturated carbocycles. The maximum Gasteiger partial charge on any atom is 0.330 e. The number of nitrogens with zero attached hydrogens (tertiary/aromatic N) is 1. The van der Waals surface area contributed by atoms with E-state index in [1.165, 1.54) is 20.2 Å². The van der Waals surface area contributed by atoms with Crippen LogP contribution in [-0.2, 0) is 28.1 Å². The molecule has 0 radical (unpaired) electrons. The summed E-state index contributed by atoms with van der Waals surface area (Å²) in [6.45, 7) is 2.42. The maximum absolute atomic E-state index is 12.4. The predicted octanol–water partition coefficient (Wildman–Crippen LogP) is -1.46. The van der Waals surface area contributed by atoms with E-state index in [0.717, 1.165) is 11.2 Å². The number of methoxy groups -OCH3 is 1. The monoisotopic (exact) mass is 443 g/mol. The first kappa shape index (κ1) is 22.4. The fourth-order valence-electron chi connectivity index (χ4n) is 3.40. The molecule has 2 fully saturated rings. The molecule has 2 aliphatic rings. The van der Waals surface area contributed by atoms with Crippen molar-refractivity contribution in [3.63, 3.8) is 0 Å². The summed E-state index contributed by atoms with van der Waals surface area (Å²) < 4.78 is 35.1. The lowest BCUT2D eigenvalue weighted by atomic mass is 10.0. The number of aromatic amines is 1. The van der Waals surface area contributed by atoms with Crippen molar-refractivity contribution in [2.75, 3.05) is 33.5 Å². The molecule has 1 aromatic heterocycles. The van der Waals surface area contributed by atoms with Crippen molar-refractivity contribution in [2.24, 2.45) is 0 Å². The van der Waals surface area contributed by atoms with E-state index in [-0.39, 0.29) is 31.2 Å². The zero-order chi connectivity index (χ0) is 22.1. The Labute approximate surface area is 171 Å². The second-order valence-corrected chi connectivity index (χ2v) is 8.85. The molecule has 2 saturated heterocycles. The van der Waals surface area contributed by atoms with Crippen LogP contribution in [0.2, 0.25) is 0 Å². The summed E-state index contributed by atoms with van der Waals surface area (Å²) in [6, 6.07) is 0. The van der Waals surface area contributed by atoms with Gasteiger partial charge in [-0.3, -0.25) is 28.2 Å². The number of rotatable bonds is 6. The molecule has 0 aliphatic carbocycles. The van der Waals surface area contributed by atoms with Crippen molar-refractivity contribution in [2.45, 2.75) is 31.0 Å². The molecular weight excluding hydrogens is 421 g/mol. The predicted molar refractivity (Wildman–Crippen MR) is 102 cm³/mol. The van der Waals surface area contributed by atoms with Gasteiger partial charge in [0.15, 0.2) is 6.23 Å². The standard InChI is InChI=1S/C17H22N3O9P/c1-10(21)18-6-4-5-11-7-20(16(23)19-14(11)22)15-12-13(29-30(3,24)25)17(28-15,8-26-2)9-27-12/h7,12-13,15H,6,8-9H2,1-3H3,(H,18,21)(H,24,25)(H,19,22,23)/t12-,13?,15-,17-/m1/s1. The normalized spacial score (nSPS) is 29.1. The number of hydrogen-bond donors (Lipinski definition) is 3. The van der Waals surface area contributed by atoms with E-state index in [0.29, 0.717) is 0 Å². The highest BCUT2D eigenvalue weighted by Gasteiger charge is 2.64.